The van der Waals surface area contributed by atoms with Gasteiger partial charge >= 0.3 is 19.6 Å². The van der Waals surface area contributed by atoms with Gasteiger partial charge in [-0.05, 0) is 59.5 Å². The summed E-state index contributed by atoms with van der Waals surface area (Å²) in [4.78, 5) is 4.22. The molecule has 7 nitrogen and oxygen atoms in total. The number of alkyl halides is 7. The largest absolute Gasteiger partial charge is 0.619 e. The summed E-state index contributed by atoms with van der Waals surface area (Å²) in [6.45, 7) is -6.58. The van der Waals surface area contributed by atoms with E-state index in [4.69, 9.17) is 4.74 Å². The van der Waals surface area contributed by atoms with Gasteiger partial charge in [-0.15, -0.1) is 13.2 Å². The normalized spacial score (nSPS) is 12.3. The zero-order valence-electron chi connectivity index (χ0n) is 20.6. The summed E-state index contributed by atoms with van der Waals surface area (Å²) in [6, 6.07) is 14.5. The fraction of sp³-hybridized carbons (Fsp3) is 0.185. The van der Waals surface area contributed by atoms with Crippen molar-refractivity contribution in [2.45, 2.75) is 31.9 Å². The van der Waals surface area contributed by atoms with Crippen molar-refractivity contribution in [1.82, 2.24) is 4.98 Å². The fourth-order valence-corrected chi connectivity index (χ4v) is 3.85. The summed E-state index contributed by atoms with van der Waals surface area (Å²) < 4.78 is 107. The van der Waals surface area contributed by atoms with Crippen LogP contribution in [0.15, 0.2) is 85.3 Å². The van der Waals surface area contributed by atoms with Crippen LogP contribution < -0.4 is 23.7 Å². The summed E-state index contributed by atoms with van der Waals surface area (Å²) in [5, 5.41) is 11.5. The molecule has 0 bridgehead atoms. The molecule has 0 saturated carbocycles. The van der Waals surface area contributed by atoms with E-state index in [-0.39, 0.29) is 18.1 Å². The number of benzene rings is 2. The quantitative estimate of drug-likeness (QED) is 0.108. The van der Waals surface area contributed by atoms with Crippen LogP contribution in [0.3, 0.4) is 0 Å². The molecule has 1 atom stereocenters. The molecule has 4 rings (SSSR count). The van der Waals surface area contributed by atoms with Crippen molar-refractivity contribution in [3.05, 3.63) is 107 Å². The van der Waals surface area contributed by atoms with Crippen LogP contribution >= 0.6 is 0 Å². The van der Waals surface area contributed by atoms with Gasteiger partial charge < -0.3 is 24.2 Å². The molecule has 14 heteroatoms. The maximum atomic E-state index is 13.0. The molecular weight excluding hydrogens is 565 g/mol. The third kappa shape index (κ3) is 8.62. The molecule has 1 unspecified atom stereocenters. The van der Waals surface area contributed by atoms with Crippen LogP contribution in [0.4, 0.5) is 30.7 Å². The summed E-state index contributed by atoms with van der Waals surface area (Å²) in [5.41, 5.74) is 1.63. The molecule has 2 aromatic carbocycles. The minimum atomic E-state index is -4.84. The summed E-state index contributed by atoms with van der Waals surface area (Å²) in [6.07, 6.45) is -0.620. The molecule has 0 fully saturated rings. The average Bonchev–Trinajstić information content (AvgIpc) is 2.90. The van der Waals surface area contributed by atoms with E-state index in [1.165, 1.54) is 42.9 Å². The van der Waals surface area contributed by atoms with Crippen LogP contribution in [0.5, 0.6) is 28.9 Å². The van der Waals surface area contributed by atoms with Gasteiger partial charge in [-0.25, -0.2) is 4.98 Å². The van der Waals surface area contributed by atoms with Gasteiger partial charge in [0.1, 0.15) is 11.5 Å². The highest BCUT2D eigenvalue weighted by Crippen LogP contribution is 2.37. The zero-order chi connectivity index (χ0) is 29.6. The second-order valence-corrected chi connectivity index (χ2v) is 8.34. The van der Waals surface area contributed by atoms with Crippen LogP contribution in [0.2, 0.25) is 0 Å². The van der Waals surface area contributed by atoms with E-state index in [2.05, 4.69) is 19.2 Å². The first kappa shape index (κ1) is 29.2. The van der Waals surface area contributed by atoms with E-state index in [9.17, 15) is 35.9 Å². The Balaban J connectivity index is 1.61. The fourth-order valence-electron chi connectivity index (χ4n) is 3.85. The predicted octanol–water partition coefficient (Wildman–Crippen LogP) is 6.98. The third-order valence-electron chi connectivity index (χ3n) is 5.55. The molecule has 4 aromatic rings. The number of hydrogen-bond donors (Lipinski definition) is 0. The third-order valence-corrected chi connectivity index (χ3v) is 5.55. The van der Waals surface area contributed by atoms with E-state index >= 15 is 0 Å². The Bertz CT molecular complexity index is 1420. The maximum Gasteiger partial charge on any atom is 0.573 e. The topological polar surface area (TPSA) is 76.8 Å². The molecule has 0 radical (unpaired) electrons. The van der Waals surface area contributed by atoms with Crippen molar-refractivity contribution in [2.24, 2.45) is 0 Å². The molecule has 0 saturated heterocycles. The number of halogens is 7. The number of rotatable bonds is 11. The van der Waals surface area contributed by atoms with E-state index in [1.807, 2.05) is 0 Å². The Morgan fingerprint density at radius 1 is 0.756 bits per heavy atom. The van der Waals surface area contributed by atoms with Crippen molar-refractivity contribution in [3.8, 4) is 28.9 Å². The Kier molecular flexibility index (Phi) is 9.00. The van der Waals surface area contributed by atoms with Gasteiger partial charge in [0.05, 0.1) is 0 Å². The lowest BCUT2D eigenvalue weighted by Crippen LogP contribution is -2.24. The molecule has 2 heterocycles. The first-order valence-electron chi connectivity index (χ1n) is 11.7. The van der Waals surface area contributed by atoms with Gasteiger partial charge in [-0.3, -0.25) is 0 Å². The number of hydrogen-bond acceptors (Lipinski definition) is 6. The highest BCUT2D eigenvalue weighted by atomic mass is 19.4. The van der Waals surface area contributed by atoms with Crippen molar-refractivity contribution in [2.75, 3.05) is 0 Å². The Labute approximate surface area is 227 Å². The van der Waals surface area contributed by atoms with Crippen LogP contribution in [0.1, 0.15) is 22.6 Å². The highest BCUT2D eigenvalue weighted by molar-refractivity contribution is 5.47. The monoisotopic (exact) mass is 584 g/mol. The standard InChI is InChI=1S/C27H19F7N2O5/c28-25(29)39-22-7-1-17(14-23(22)40-26(30)31)21(13-16-9-11-36(37)12-10-16)18-2-8-24(35-15-18)38-19-3-5-20(6-4-19)41-27(32,33)34/h1-12,14-15,21,25-26H,13H2. The van der Waals surface area contributed by atoms with E-state index in [0.29, 0.717) is 21.4 Å². The van der Waals surface area contributed by atoms with Crippen LogP contribution in [-0.4, -0.2) is 24.6 Å². The van der Waals surface area contributed by atoms with Gasteiger partial charge in [-0.1, -0.05) is 12.1 Å². The van der Waals surface area contributed by atoms with Gasteiger partial charge in [0, 0.05) is 30.3 Å². The molecule has 2 aromatic heterocycles. The number of ether oxygens (including phenoxy) is 4. The lowest BCUT2D eigenvalue weighted by atomic mass is 9.87. The zero-order valence-corrected chi connectivity index (χ0v) is 20.6. The minimum absolute atomic E-state index is 0.0894. The molecule has 0 amide bonds. The van der Waals surface area contributed by atoms with Crippen molar-refractivity contribution < 1.29 is 54.4 Å². The Hall–Kier alpha value is -4.75. The average molecular weight is 584 g/mol. The number of aromatic nitrogens is 2. The maximum absolute atomic E-state index is 13.0. The number of nitrogens with zero attached hydrogens (tertiary/aromatic N) is 2. The second kappa shape index (κ2) is 12.6. The lowest BCUT2D eigenvalue weighted by Gasteiger charge is -2.20. The summed E-state index contributed by atoms with van der Waals surface area (Å²) in [7, 11) is 0. The lowest BCUT2D eigenvalue weighted by molar-refractivity contribution is -0.605. The Morgan fingerprint density at radius 2 is 1.37 bits per heavy atom. The first-order chi connectivity index (χ1) is 19.4. The van der Waals surface area contributed by atoms with Crippen LogP contribution in [0, 0.1) is 5.21 Å². The van der Waals surface area contributed by atoms with Gasteiger partial charge in [0.25, 0.3) is 0 Å². The SMILES string of the molecule is [O-][n+]1ccc(CC(c2ccc(Oc3ccc(OC(F)(F)F)cc3)nc2)c2ccc(OC(F)F)c(OC(F)F)c2)cc1. The van der Waals surface area contributed by atoms with Crippen molar-refractivity contribution in [3.63, 3.8) is 0 Å². The summed E-state index contributed by atoms with van der Waals surface area (Å²) in [5.74, 6) is -1.93. The second-order valence-electron chi connectivity index (χ2n) is 8.34. The van der Waals surface area contributed by atoms with Crippen molar-refractivity contribution in [1.29, 1.82) is 0 Å². The molecule has 0 spiro atoms. The number of pyridine rings is 2. The van der Waals surface area contributed by atoms with Crippen LogP contribution in [0.25, 0.3) is 0 Å². The molecule has 0 aliphatic carbocycles. The smallest absolute Gasteiger partial charge is 0.573 e. The minimum Gasteiger partial charge on any atom is -0.619 e. The predicted molar refractivity (Wildman–Crippen MR) is 128 cm³/mol. The van der Waals surface area contributed by atoms with Crippen LogP contribution in [-0.2, 0) is 6.42 Å². The van der Waals surface area contributed by atoms with E-state index in [0.717, 1.165) is 24.3 Å². The van der Waals surface area contributed by atoms with E-state index in [1.54, 1.807) is 18.2 Å². The molecule has 0 aliphatic heterocycles. The van der Waals surface area contributed by atoms with Gasteiger partial charge in [0.15, 0.2) is 23.9 Å². The van der Waals surface area contributed by atoms with Gasteiger partial charge in [-0.2, -0.15) is 22.3 Å². The highest BCUT2D eigenvalue weighted by Gasteiger charge is 2.31. The molecule has 41 heavy (non-hydrogen) atoms. The molecule has 216 valence electrons. The molecule has 0 aliphatic rings. The molecule has 0 N–H and O–H groups in total. The first-order valence-corrected chi connectivity index (χ1v) is 11.7. The van der Waals surface area contributed by atoms with Crippen molar-refractivity contribution >= 4 is 0 Å². The molecular formula is C27H19F7N2O5. The Morgan fingerprint density at radius 3 is 1.95 bits per heavy atom. The summed E-state index contributed by atoms with van der Waals surface area (Å²) >= 11 is 0. The van der Waals surface area contributed by atoms with E-state index < -0.39 is 42.8 Å². The van der Waals surface area contributed by atoms with Gasteiger partial charge in [0.2, 0.25) is 5.88 Å².